The van der Waals surface area contributed by atoms with E-state index in [1.54, 1.807) is 23.9 Å². The number of rotatable bonds is 9. The molecule has 1 aliphatic rings. The van der Waals surface area contributed by atoms with Crippen LogP contribution >= 0.6 is 0 Å². The molecule has 8 nitrogen and oxygen atoms in total. The van der Waals surface area contributed by atoms with Crippen LogP contribution in [0.5, 0.6) is 5.88 Å². The van der Waals surface area contributed by atoms with E-state index >= 15 is 0 Å². The molecule has 0 spiro atoms. The van der Waals surface area contributed by atoms with Gasteiger partial charge in [-0.2, -0.15) is 0 Å². The van der Waals surface area contributed by atoms with Gasteiger partial charge in [-0.05, 0) is 43.7 Å². The maximum absolute atomic E-state index is 13.5. The lowest BCUT2D eigenvalue weighted by atomic mass is 9.94. The van der Waals surface area contributed by atoms with Crippen molar-refractivity contribution in [1.29, 1.82) is 0 Å². The van der Waals surface area contributed by atoms with Crippen LogP contribution in [-0.4, -0.2) is 66.7 Å². The number of carbonyl (C=O) groups is 1. The van der Waals surface area contributed by atoms with Gasteiger partial charge in [-0.15, -0.1) is 5.10 Å². The van der Waals surface area contributed by atoms with Gasteiger partial charge in [0.25, 0.3) is 0 Å². The number of nitrogens with zero attached hydrogens (tertiary/aromatic N) is 3. The lowest BCUT2D eigenvalue weighted by Gasteiger charge is -2.21. The van der Waals surface area contributed by atoms with Crippen LogP contribution in [0.3, 0.4) is 0 Å². The quantitative estimate of drug-likeness (QED) is 0.484. The highest BCUT2D eigenvalue weighted by Gasteiger charge is 2.35. The number of urea groups is 1. The van der Waals surface area contributed by atoms with Gasteiger partial charge in [0.15, 0.2) is 0 Å². The first-order valence-corrected chi connectivity index (χ1v) is 11.8. The molecule has 186 valence electrons. The summed E-state index contributed by atoms with van der Waals surface area (Å²) in [6.45, 7) is 7.00. The molecule has 2 heterocycles. The van der Waals surface area contributed by atoms with Crippen LogP contribution in [0.25, 0.3) is 5.69 Å². The van der Waals surface area contributed by atoms with Gasteiger partial charge in [-0.3, -0.25) is 10.2 Å². The number of ether oxygens (including phenoxy) is 2. The Hall–Kier alpha value is -3.43. The minimum Gasteiger partial charge on any atom is -0.477 e. The minimum atomic E-state index is -0.334. The first-order chi connectivity index (χ1) is 17.0. The van der Waals surface area contributed by atoms with Crippen LogP contribution in [0.4, 0.5) is 15.0 Å². The molecule has 1 saturated heterocycles. The molecular weight excluding hydrogens is 449 g/mol. The number of halogens is 1. The summed E-state index contributed by atoms with van der Waals surface area (Å²) in [4.78, 5) is 15.5. The monoisotopic (exact) mass is 481 g/mol. The third-order valence-electron chi connectivity index (χ3n) is 6.21. The minimum absolute atomic E-state index is 0.0253. The Morgan fingerprint density at radius 1 is 1.14 bits per heavy atom. The van der Waals surface area contributed by atoms with Crippen molar-refractivity contribution >= 4 is 11.8 Å². The molecule has 2 atom stereocenters. The summed E-state index contributed by atoms with van der Waals surface area (Å²) >= 11 is 0. The summed E-state index contributed by atoms with van der Waals surface area (Å²) in [5, 5.41) is 10.7. The fraction of sp³-hybridized carbons (Fsp3) is 0.385. The van der Waals surface area contributed by atoms with E-state index in [0.717, 1.165) is 29.9 Å². The molecule has 9 heteroatoms. The molecule has 0 saturated carbocycles. The zero-order valence-corrected chi connectivity index (χ0v) is 20.3. The van der Waals surface area contributed by atoms with E-state index in [9.17, 15) is 9.18 Å². The average molecular weight is 482 g/mol. The molecule has 0 aliphatic carbocycles. The van der Waals surface area contributed by atoms with Gasteiger partial charge in [-0.1, -0.05) is 30.3 Å². The van der Waals surface area contributed by atoms with Crippen LogP contribution in [0.2, 0.25) is 0 Å². The highest BCUT2D eigenvalue weighted by atomic mass is 19.1. The third-order valence-corrected chi connectivity index (χ3v) is 6.21. The maximum atomic E-state index is 13.5. The molecule has 0 unspecified atom stereocenters. The first kappa shape index (κ1) is 24.7. The number of nitrogens with one attached hydrogen (secondary N) is 2. The Kier molecular flexibility index (Phi) is 7.99. The second-order valence-corrected chi connectivity index (χ2v) is 8.57. The number of benzene rings is 2. The number of methoxy groups -OCH3 is 1. The SMILES string of the molecule is CCOc1nn(-c2ccccc2)c(NC(=O)N[C@@H]2CN(CCOC)C[C@H]2c2ccc(F)cc2)c1C. The van der Waals surface area contributed by atoms with Gasteiger partial charge in [0.2, 0.25) is 5.88 Å². The molecule has 3 aromatic rings. The number of hydrogen-bond acceptors (Lipinski definition) is 5. The van der Waals surface area contributed by atoms with E-state index in [2.05, 4.69) is 20.6 Å². The van der Waals surface area contributed by atoms with Gasteiger partial charge in [0, 0.05) is 32.7 Å². The second kappa shape index (κ2) is 11.3. The molecule has 1 aliphatic heterocycles. The molecule has 2 N–H and O–H groups in total. The first-order valence-electron chi connectivity index (χ1n) is 11.8. The molecule has 0 bridgehead atoms. The van der Waals surface area contributed by atoms with Crippen molar-refractivity contribution in [3.05, 3.63) is 71.5 Å². The van der Waals surface area contributed by atoms with E-state index in [0.29, 0.717) is 31.5 Å². The van der Waals surface area contributed by atoms with Gasteiger partial charge in [0.1, 0.15) is 11.6 Å². The van der Waals surface area contributed by atoms with E-state index in [1.165, 1.54) is 12.1 Å². The molecule has 1 fully saturated rings. The van der Waals surface area contributed by atoms with E-state index in [4.69, 9.17) is 9.47 Å². The Balaban J connectivity index is 1.55. The molecule has 2 aromatic carbocycles. The molecule has 35 heavy (non-hydrogen) atoms. The van der Waals surface area contributed by atoms with Gasteiger partial charge < -0.3 is 14.8 Å². The lowest BCUT2D eigenvalue weighted by molar-refractivity contribution is 0.159. The number of likely N-dealkylation sites (tertiary alicyclic amines) is 1. The standard InChI is InChI=1S/C26H32FN5O3/c1-4-35-25-18(2)24(32(30-25)21-8-6-5-7-9-21)29-26(33)28-23-17-31(14-15-34-3)16-22(23)19-10-12-20(27)13-11-19/h5-13,22-23H,4,14-17H2,1-3H3,(H2,28,29,33)/t22-,23+/m0/s1. The second-order valence-electron chi connectivity index (χ2n) is 8.57. The van der Waals surface area contributed by atoms with Crippen LogP contribution < -0.4 is 15.4 Å². The van der Waals surface area contributed by atoms with Crippen LogP contribution in [0.15, 0.2) is 54.6 Å². The van der Waals surface area contributed by atoms with Gasteiger partial charge >= 0.3 is 6.03 Å². The predicted octanol–water partition coefficient (Wildman–Crippen LogP) is 3.95. The Morgan fingerprint density at radius 3 is 2.57 bits per heavy atom. The van der Waals surface area contributed by atoms with Crippen LogP contribution in [0, 0.1) is 12.7 Å². The van der Waals surface area contributed by atoms with Crippen molar-refractivity contribution in [3.8, 4) is 11.6 Å². The summed E-state index contributed by atoms with van der Waals surface area (Å²) in [7, 11) is 1.67. The Labute approximate surface area is 205 Å². The number of anilines is 1. The fourth-order valence-electron chi connectivity index (χ4n) is 4.45. The summed E-state index contributed by atoms with van der Waals surface area (Å²) in [5.74, 6) is 0.768. The van der Waals surface area contributed by atoms with Crippen molar-refractivity contribution in [3.63, 3.8) is 0 Å². The number of amides is 2. The summed E-state index contributed by atoms with van der Waals surface area (Å²) in [6.07, 6.45) is 0. The van der Waals surface area contributed by atoms with Crippen molar-refractivity contribution in [2.24, 2.45) is 0 Å². The van der Waals surface area contributed by atoms with Crippen molar-refractivity contribution in [2.75, 3.05) is 45.3 Å². The van der Waals surface area contributed by atoms with Gasteiger partial charge in [-0.25, -0.2) is 13.9 Å². The highest BCUT2D eigenvalue weighted by molar-refractivity contribution is 5.90. The molecule has 2 amide bonds. The zero-order chi connectivity index (χ0) is 24.8. The summed E-state index contributed by atoms with van der Waals surface area (Å²) in [6, 6.07) is 15.6. The third kappa shape index (κ3) is 5.80. The topological polar surface area (TPSA) is 80.6 Å². The average Bonchev–Trinajstić information content (AvgIpc) is 3.40. The lowest BCUT2D eigenvalue weighted by Crippen LogP contribution is -2.42. The van der Waals surface area contributed by atoms with Crippen molar-refractivity contribution < 1.29 is 18.7 Å². The smallest absolute Gasteiger partial charge is 0.320 e. The summed E-state index contributed by atoms with van der Waals surface area (Å²) in [5.41, 5.74) is 2.54. The van der Waals surface area contributed by atoms with E-state index in [-0.39, 0.29) is 23.8 Å². The van der Waals surface area contributed by atoms with Crippen LogP contribution in [0.1, 0.15) is 24.0 Å². The van der Waals surface area contributed by atoms with Crippen molar-refractivity contribution in [1.82, 2.24) is 20.0 Å². The van der Waals surface area contributed by atoms with Crippen LogP contribution in [-0.2, 0) is 4.74 Å². The number of aromatic nitrogens is 2. The number of hydrogen-bond donors (Lipinski definition) is 2. The zero-order valence-electron chi connectivity index (χ0n) is 20.3. The van der Waals surface area contributed by atoms with E-state index < -0.39 is 0 Å². The molecule has 1 aromatic heterocycles. The normalized spacial score (nSPS) is 17.9. The van der Waals surface area contributed by atoms with E-state index in [1.807, 2.05) is 44.2 Å². The Morgan fingerprint density at radius 2 is 1.89 bits per heavy atom. The summed E-state index contributed by atoms with van der Waals surface area (Å²) < 4.78 is 26.1. The molecular formula is C26H32FN5O3. The molecule has 4 rings (SSSR count). The highest BCUT2D eigenvalue weighted by Crippen LogP contribution is 2.30. The number of para-hydroxylation sites is 1. The maximum Gasteiger partial charge on any atom is 0.320 e. The number of carbonyl (C=O) groups excluding carboxylic acids is 1. The van der Waals surface area contributed by atoms with Gasteiger partial charge in [0.05, 0.1) is 30.5 Å². The fourth-order valence-corrected chi connectivity index (χ4v) is 4.45. The largest absolute Gasteiger partial charge is 0.477 e. The molecule has 0 radical (unpaired) electrons. The predicted molar refractivity (Wildman–Crippen MR) is 133 cm³/mol. The van der Waals surface area contributed by atoms with Crippen molar-refractivity contribution in [2.45, 2.75) is 25.8 Å². The Bertz CT molecular complexity index is 1120.